The number of carbonyl (C=O) groups is 2. The molecule has 0 aromatic heterocycles. The van der Waals surface area contributed by atoms with Crippen molar-refractivity contribution >= 4 is 21.7 Å². The van der Waals surface area contributed by atoms with Gasteiger partial charge in [0.1, 0.15) is 0 Å². The van der Waals surface area contributed by atoms with Crippen LogP contribution in [0.2, 0.25) is 0 Å². The summed E-state index contributed by atoms with van der Waals surface area (Å²) in [4.78, 5) is 24.8. The number of nitrogens with one attached hydrogen (secondary N) is 1. The van der Waals surface area contributed by atoms with Crippen molar-refractivity contribution in [3.8, 4) is 0 Å². The van der Waals surface area contributed by atoms with Crippen LogP contribution in [0.1, 0.15) is 19.3 Å². The number of carboxylic acids is 1. The van der Waals surface area contributed by atoms with Gasteiger partial charge in [-0.1, -0.05) is 0 Å². The smallest absolute Gasteiger partial charge is 0.305 e. The van der Waals surface area contributed by atoms with Crippen LogP contribution < -0.4 is 5.32 Å². The lowest BCUT2D eigenvalue weighted by Gasteiger charge is -2.37. The molecule has 2 aliphatic heterocycles. The van der Waals surface area contributed by atoms with E-state index in [0.29, 0.717) is 6.54 Å². The summed E-state index contributed by atoms with van der Waals surface area (Å²) in [5.74, 6) is -1.67. The Hall–Kier alpha value is -1.15. The highest BCUT2D eigenvalue weighted by Gasteiger charge is 2.37. The number of aliphatic carboxylic acids is 1. The van der Waals surface area contributed by atoms with E-state index in [2.05, 4.69) is 5.32 Å². The highest BCUT2D eigenvalue weighted by Crippen LogP contribution is 2.21. The van der Waals surface area contributed by atoms with Crippen molar-refractivity contribution < 1.29 is 23.1 Å². The van der Waals surface area contributed by atoms with Gasteiger partial charge in [0.2, 0.25) is 5.91 Å². The molecule has 2 atom stereocenters. The zero-order valence-electron chi connectivity index (χ0n) is 11.2. The van der Waals surface area contributed by atoms with Gasteiger partial charge in [-0.2, -0.15) is 0 Å². The second-order valence-electron chi connectivity index (χ2n) is 5.44. The molecule has 0 saturated carbocycles. The second-order valence-corrected chi connectivity index (χ2v) is 7.67. The third-order valence-corrected chi connectivity index (χ3v) is 5.57. The van der Waals surface area contributed by atoms with Gasteiger partial charge >= 0.3 is 5.97 Å². The maximum atomic E-state index is 12.5. The number of carboxylic acid groups (broad SMARTS) is 1. The fraction of sp³-hybridized carbons (Fsp3) is 0.833. The van der Waals surface area contributed by atoms with E-state index in [0.717, 1.165) is 19.4 Å². The van der Waals surface area contributed by atoms with Crippen LogP contribution in [-0.4, -0.2) is 67.5 Å². The Balaban J connectivity index is 2.10. The highest BCUT2D eigenvalue weighted by atomic mass is 32.2. The number of nitrogens with zero attached hydrogens (tertiary/aromatic N) is 1. The summed E-state index contributed by atoms with van der Waals surface area (Å²) in [6, 6.07) is -0.735. The molecule has 114 valence electrons. The van der Waals surface area contributed by atoms with Crippen LogP contribution in [0.25, 0.3) is 0 Å². The van der Waals surface area contributed by atoms with Crippen molar-refractivity contribution in [1.82, 2.24) is 10.2 Å². The molecule has 0 radical (unpaired) electrons. The first-order valence-corrected chi connectivity index (χ1v) is 8.64. The Morgan fingerprint density at radius 2 is 2.10 bits per heavy atom. The number of carbonyl (C=O) groups excluding carboxylic acids is 1. The number of rotatable bonds is 3. The van der Waals surface area contributed by atoms with Crippen molar-refractivity contribution in [2.75, 3.05) is 31.1 Å². The molecule has 1 amide bonds. The molecular formula is C12H20N2O5S. The third-order valence-electron chi connectivity index (χ3n) is 3.87. The van der Waals surface area contributed by atoms with E-state index in [4.69, 9.17) is 5.11 Å². The molecule has 2 heterocycles. The van der Waals surface area contributed by atoms with Gasteiger partial charge in [-0.15, -0.1) is 0 Å². The number of hydrogen-bond acceptors (Lipinski definition) is 5. The number of hydrogen-bond donors (Lipinski definition) is 2. The minimum atomic E-state index is -3.25. The first kappa shape index (κ1) is 15.2. The van der Waals surface area contributed by atoms with Crippen LogP contribution in [-0.2, 0) is 19.4 Å². The van der Waals surface area contributed by atoms with Gasteiger partial charge in [0.25, 0.3) is 0 Å². The summed E-state index contributed by atoms with van der Waals surface area (Å²) < 4.78 is 23.3. The standard InChI is InChI=1S/C12H20N2O5S/c15-11(16)6-10-8-20(18,19)5-4-14(10)12(17)9-2-1-3-13-7-9/h9-10,13H,1-8H2,(H,15,16). The first-order chi connectivity index (χ1) is 9.39. The monoisotopic (exact) mass is 304 g/mol. The zero-order valence-corrected chi connectivity index (χ0v) is 12.1. The van der Waals surface area contributed by atoms with E-state index >= 15 is 0 Å². The second kappa shape index (κ2) is 6.09. The summed E-state index contributed by atoms with van der Waals surface area (Å²) in [6.45, 7) is 1.58. The van der Waals surface area contributed by atoms with E-state index in [1.165, 1.54) is 4.90 Å². The molecule has 2 rings (SSSR count). The fourth-order valence-electron chi connectivity index (χ4n) is 2.84. The van der Waals surface area contributed by atoms with E-state index in [-0.39, 0.29) is 36.3 Å². The van der Waals surface area contributed by atoms with Crippen LogP contribution in [0, 0.1) is 5.92 Å². The normalized spacial score (nSPS) is 29.9. The van der Waals surface area contributed by atoms with E-state index in [9.17, 15) is 18.0 Å². The highest BCUT2D eigenvalue weighted by molar-refractivity contribution is 7.91. The van der Waals surface area contributed by atoms with Crippen LogP contribution in [0.4, 0.5) is 0 Å². The summed E-state index contributed by atoms with van der Waals surface area (Å²) >= 11 is 0. The van der Waals surface area contributed by atoms with Crippen LogP contribution in [0.15, 0.2) is 0 Å². The largest absolute Gasteiger partial charge is 0.481 e. The van der Waals surface area contributed by atoms with Gasteiger partial charge in [-0.25, -0.2) is 8.42 Å². The number of piperidine rings is 1. The quantitative estimate of drug-likeness (QED) is 0.699. The molecule has 0 spiro atoms. The van der Waals surface area contributed by atoms with Crippen molar-refractivity contribution in [3.63, 3.8) is 0 Å². The van der Waals surface area contributed by atoms with E-state index in [1.54, 1.807) is 0 Å². The Morgan fingerprint density at radius 1 is 1.35 bits per heavy atom. The average Bonchev–Trinajstić information content (AvgIpc) is 2.37. The molecule has 7 nitrogen and oxygen atoms in total. The van der Waals surface area contributed by atoms with Crippen molar-refractivity contribution in [1.29, 1.82) is 0 Å². The lowest BCUT2D eigenvalue weighted by Crippen LogP contribution is -2.55. The molecular weight excluding hydrogens is 284 g/mol. The van der Waals surface area contributed by atoms with Crippen LogP contribution >= 0.6 is 0 Å². The van der Waals surface area contributed by atoms with Crippen LogP contribution in [0.3, 0.4) is 0 Å². The predicted octanol–water partition coefficient (Wildman–Crippen LogP) is -0.914. The van der Waals surface area contributed by atoms with Gasteiger partial charge in [-0.05, 0) is 19.4 Å². The SMILES string of the molecule is O=C(O)CC1CS(=O)(=O)CCN1C(=O)C1CCCNC1. The molecule has 0 aliphatic carbocycles. The molecule has 2 fully saturated rings. The molecule has 0 bridgehead atoms. The Bertz CT molecular complexity index is 484. The lowest BCUT2D eigenvalue weighted by atomic mass is 9.97. The Morgan fingerprint density at radius 3 is 2.70 bits per heavy atom. The molecule has 20 heavy (non-hydrogen) atoms. The maximum absolute atomic E-state index is 12.5. The van der Waals surface area contributed by atoms with Gasteiger partial charge in [0.05, 0.1) is 29.9 Å². The molecule has 8 heteroatoms. The van der Waals surface area contributed by atoms with Crippen molar-refractivity contribution in [2.24, 2.45) is 5.92 Å². The molecule has 0 aromatic rings. The van der Waals surface area contributed by atoms with Crippen LogP contribution in [0.5, 0.6) is 0 Å². The zero-order chi connectivity index (χ0) is 14.8. The summed E-state index contributed by atoms with van der Waals surface area (Å²) in [5, 5.41) is 12.0. The summed E-state index contributed by atoms with van der Waals surface area (Å²) in [5.41, 5.74) is 0. The third kappa shape index (κ3) is 3.69. The minimum Gasteiger partial charge on any atom is -0.481 e. The number of sulfone groups is 1. The maximum Gasteiger partial charge on any atom is 0.305 e. The fourth-order valence-corrected chi connectivity index (χ4v) is 4.37. The van der Waals surface area contributed by atoms with Gasteiger partial charge in [0, 0.05) is 13.1 Å². The summed E-state index contributed by atoms with van der Waals surface area (Å²) in [6.07, 6.45) is 1.37. The minimum absolute atomic E-state index is 0.0744. The molecule has 0 aromatic carbocycles. The first-order valence-electron chi connectivity index (χ1n) is 6.82. The van der Waals surface area contributed by atoms with Crippen molar-refractivity contribution in [3.05, 3.63) is 0 Å². The lowest BCUT2D eigenvalue weighted by molar-refractivity contribution is -0.142. The van der Waals surface area contributed by atoms with Gasteiger partial charge in [-0.3, -0.25) is 9.59 Å². The van der Waals surface area contributed by atoms with E-state index in [1.807, 2.05) is 0 Å². The molecule has 2 saturated heterocycles. The molecule has 2 unspecified atom stereocenters. The Labute approximate surface area is 118 Å². The van der Waals surface area contributed by atoms with E-state index < -0.39 is 21.8 Å². The number of amides is 1. The molecule has 2 N–H and O–H groups in total. The molecule has 2 aliphatic rings. The van der Waals surface area contributed by atoms with Crippen molar-refractivity contribution in [2.45, 2.75) is 25.3 Å². The predicted molar refractivity (Wildman–Crippen MR) is 72.0 cm³/mol. The average molecular weight is 304 g/mol. The van der Waals surface area contributed by atoms with Gasteiger partial charge < -0.3 is 15.3 Å². The topological polar surface area (TPSA) is 104 Å². The summed E-state index contributed by atoms with van der Waals surface area (Å²) in [7, 11) is -3.25. The Kier molecular flexibility index (Phi) is 4.64. The van der Waals surface area contributed by atoms with Gasteiger partial charge in [0.15, 0.2) is 9.84 Å².